The summed E-state index contributed by atoms with van der Waals surface area (Å²) in [6.07, 6.45) is 4.32. The second-order valence-corrected chi connectivity index (χ2v) is 5.83. The van der Waals surface area contributed by atoms with Gasteiger partial charge in [-0.05, 0) is 18.2 Å². The zero-order chi connectivity index (χ0) is 19.1. The standard InChI is InChI=1S/C18H12N4O5/c1-20-10-12(8-19-20)21-9-11(6-7-15(21)23)18(26)27-22-16(24)13-4-2-3-5-14(13)17(22)25/h2-10H,1H3. The van der Waals surface area contributed by atoms with Crippen LogP contribution in [-0.4, -0.2) is 37.2 Å². The summed E-state index contributed by atoms with van der Waals surface area (Å²) >= 11 is 0. The van der Waals surface area contributed by atoms with Crippen LogP contribution in [0.5, 0.6) is 0 Å². The minimum absolute atomic E-state index is 0.00462. The normalized spacial score (nSPS) is 13.0. The van der Waals surface area contributed by atoms with Crippen molar-refractivity contribution in [3.8, 4) is 5.69 Å². The van der Waals surface area contributed by atoms with Gasteiger partial charge in [0.2, 0.25) is 0 Å². The van der Waals surface area contributed by atoms with Gasteiger partial charge in [0, 0.05) is 25.5 Å². The molecule has 9 heteroatoms. The molecule has 4 rings (SSSR count). The van der Waals surface area contributed by atoms with Gasteiger partial charge in [-0.25, -0.2) is 4.79 Å². The predicted octanol–water partition coefficient (Wildman–Crippen LogP) is 0.939. The minimum Gasteiger partial charge on any atom is -0.324 e. The van der Waals surface area contributed by atoms with E-state index in [1.54, 1.807) is 25.4 Å². The molecule has 2 aromatic heterocycles. The number of aromatic nitrogens is 3. The van der Waals surface area contributed by atoms with Gasteiger partial charge >= 0.3 is 5.97 Å². The first kappa shape index (κ1) is 16.5. The van der Waals surface area contributed by atoms with Crippen LogP contribution in [0.3, 0.4) is 0 Å². The van der Waals surface area contributed by atoms with Crippen molar-refractivity contribution in [3.05, 3.63) is 82.0 Å². The van der Waals surface area contributed by atoms with E-state index in [2.05, 4.69) is 5.10 Å². The quantitative estimate of drug-likeness (QED) is 0.641. The molecule has 0 N–H and O–H groups in total. The maximum Gasteiger partial charge on any atom is 0.365 e. The van der Waals surface area contributed by atoms with Gasteiger partial charge in [-0.2, -0.15) is 5.10 Å². The number of imide groups is 1. The van der Waals surface area contributed by atoms with E-state index in [0.717, 1.165) is 0 Å². The lowest BCUT2D eigenvalue weighted by molar-refractivity contribution is -0.0585. The van der Waals surface area contributed by atoms with E-state index in [-0.39, 0.29) is 22.2 Å². The average Bonchev–Trinajstić information content (AvgIpc) is 3.20. The van der Waals surface area contributed by atoms with Crippen molar-refractivity contribution in [2.24, 2.45) is 7.05 Å². The van der Waals surface area contributed by atoms with Crippen molar-refractivity contribution in [2.45, 2.75) is 0 Å². The highest BCUT2D eigenvalue weighted by molar-refractivity contribution is 6.21. The molecule has 0 spiro atoms. The van der Waals surface area contributed by atoms with Crippen LogP contribution in [0, 0.1) is 0 Å². The molecule has 27 heavy (non-hydrogen) atoms. The zero-order valence-electron chi connectivity index (χ0n) is 14.0. The molecule has 9 nitrogen and oxygen atoms in total. The van der Waals surface area contributed by atoms with Crippen molar-refractivity contribution < 1.29 is 19.2 Å². The van der Waals surface area contributed by atoms with E-state index in [4.69, 9.17) is 4.84 Å². The maximum absolute atomic E-state index is 12.4. The summed E-state index contributed by atoms with van der Waals surface area (Å²) in [6.45, 7) is 0. The monoisotopic (exact) mass is 364 g/mol. The Morgan fingerprint density at radius 3 is 2.22 bits per heavy atom. The Balaban J connectivity index is 1.62. The Labute approximate surface area is 152 Å². The number of hydroxylamine groups is 2. The predicted molar refractivity (Wildman–Crippen MR) is 91.2 cm³/mol. The van der Waals surface area contributed by atoms with Crippen LogP contribution >= 0.6 is 0 Å². The van der Waals surface area contributed by atoms with Gasteiger partial charge in [0.1, 0.15) is 0 Å². The lowest BCUT2D eigenvalue weighted by Crippen LogP contribution is -2.33. The lowest BCUT2D eigenvalue weighted by Gasteiger charge is -2.13. The maximum atomic E-state index is 12.4. The third-order valence-electron chi connectivity index (χ3n) is 4.05. The summed E-state index contributed by atoms with van der Waals surface area (Å²) in [5.41, 5.74) is 0.402. The molecule has 134 valence electrons. The van der Waals surface area contributed by atoms with Crippen LogP contribution in [0.2, 0.25) is 0 Å². The number of benzene rings is 1. The van der Waals surface area contributed by atoms with Crippen LogP contribution < -0.4 is 5.56 Å². The average molecular weight is 364 g/mol. The van der Waals surface area contributed by atoms with Crippen LogP contribution in [0.15, 0.2) is 59.8 Å². The topological polar surface area (TPSA) is 103 Å². The Morgan fingerprint density at radius 1 is 0.963 bits per heavy atom. The first-order valence-corrected chi connectivity index (χ1v) is 7.87. The van der Waals surface area contributed by atoms with E-state index in [1.165, 1.54) is 45.9 Å². The van der Waals surface area contributed by atoms with Crippen molar-refractivity contribution in [3.63, 3.8) is 0 Å². The second-order valence-electron chi connectivity index (χ2n) is 5.83. The first-order valence-electron chi connectivity index (χ1n) is 7.87. The SMILES string of the molecule is Cn1cc(-n2cc(C(=O)ON3C(=O)c4ccccc4C3=O)ccc2=O)cn1. The van der Waals surface area contributed by atoms with Crippen molar-refractivity contribution in [1.29, 1.82) is 0 Å². The van der Waals surface area contributed by atoms with Gasteiger partial charge in [-0.1, -0.05) is 17.2 Å². The van der Waals surface area contributed by atoms with E-state index >= 15 is 0 Å². The zero-order valence-corrected chi connectivity index (χ0v) is 14.0. The van der Waals surface area contributed by atoms with Gasteiger partial charge in [0.15, 0.2) is 0 Å². The van der Waals surface area contributed by atoms with E-state index < -0.39 is 17.8 Å². The van der Waals surface area contributed by atoms with E-state index in [9.17, 15) is 19.2 Å². The fourth-order valence-corrected chi connectivity index (χ4v) is 2.73. The number of pyridine rings is 1. The van der Waals surface area contributed by atoms with Crippen LogP contribution in [0.25, 0.3) is 5.69 Å². The second kappa shape index (κ2) is 6.06. The van der Waals surface area contributed by atoms with Gasteiger partial charge in [-0.15, -0.1) is 0 Å². The highest BCUT2D eigenvalue weighted by Gasteiger charge is 2.38. The molecule has 0 fully saturated rings. The Morgan fingerprint density at radius 2 is 1.63 bits per heavy atom. The van der Waals surface area contributed by atoms with Crippen LogP contribution in [0.4, 0.5) is 0 Å². The summed E-state index contributed by atoms with van der Waals surface area (Å²) in [6, 6.07) is 8.62. The molecule has 3 aromatic rings. The lowest BCUT2D eigenvalue weighted by atomic mass is 10.1. The van der Waals surface area contributed by atoms with E-state index in [0.29, 0.717) is 10.8 Å². The highest BCUT2D eigenvalue weighted by Crippen LogP contribution is 2.23. The molecule has 0 atom stereocenters. The molecular formula is C18H12N4O5. The molecule has 0 saturated carbocycles. The molecular weight excluding hydrogens is 352 g/mol. The molecule has 1 aliphatic heterocycles. The fourth-order valence-electron chi connectivity index (χ4n) is 2.73. The molecule has 0 saturated heterocycles. The Bertz CT molecular complexity index is 1130. The Kier molecular flexibility index (Phi) is 3.69. The summed E-state index contributed by atoms with van der Waals surface area (Å²) in [5, 5.41) is 4.40. The number of nitrogens with zero attached hydrogens (tertiary/aromatic N) is 4. The van der Waals surface area contributed by atoms with Gasteiger partial charge < -0.3 is 4.84 Å². The number of carbonyl (C=O) groups excluding carboxylic acids is 3. The summed E-state index contributed by atoms with van der Waals surface area (Å²) in [5.74, 6) is -2.38. The minimum atomic E-state index is -0.942. The molecule has 1 aromatic carbocycles. The molecule has 0 unspecified atom stereocenters. The molecule has 1 aliphatic rings. The Hall–Kier alpha value is -4.01. The third-order valence-corrected chi connectivity index (χ3v) is 4.05. The third kappa shape index (κ3) is 2.71. The number of fused-ring (bicyclic) bond motifs is 1. The van der Waals surface area contributed by atoms with Gasteiger partial charge in [0.25, 0.3) is 17.4 Å². The summed E-state index contributed by atoms with van der Waals surface area (Å²) < 4.78 is 2.72. The molecule has 0 radical (unpaired) electrons. The fraction of sp³-hybridized carbons (Fsp3) is 0.0556. The number of hydrogen-bond acceptors (Lipinski definition) is 6. The number of amides is 2. The summed E-state index contributed by atoms with van der Waals surface area (Å²) in [7, 11) is 1.69. The van der Waals surface area contributed by atoms with Gasteiger partial charge in [0.05, 0.1) is 28.6 Å². The summed E-state index contributed by atoms with van der Waals surface area (Å²) in [4.78, 5) is 54.1. The van der Waals surface area contributed by atoms with Crippen molar-refractivity contribution in [2.75, 3.05) is 0 Å². The van der Waals surface area contributed by atoms with Crippen molar-refractivity contribution in [1.82, 2.24) is 19.4 Å². The van der Waals surface area contributed by atoms with Gasteiger partial charge in [-0.3, -0.25) is 23.6 Å². The number of carbonyl (C=O) groups is 3. The molecule has 3 heterocycles. The first-order chi connectivity index (χ1) is 13.0. The number of aryl methyl sites for hydroxylation is 1. The smallest absolute Gasteiger partial charge is 0.324 e. The largest absolute Gasteiger partial charge is 0.365 e. The van der Waals surface area contributed by atoms with E-state index in [1.807, 2.05) is 0 Å². The van der Waals surface area contributed by atoms with Crippen LogP contribution in [0.1, 0.15) is 31.1 Å². The highest BCUT2D eigenvalue weighted by atomic mass is 16.7. The number of rotatable bonds is 3. The molecule has 2 amide bonds. The molecule has 0 bridgehead atoms. The van der Waals surface area contributed by atoms with Crippen molar-refractivity contribution >= 4 is 17.8 Å². The van der Waals surface area contributed by atoms with Crippen LogP contribution in [-0.2, 0) is 11.9 Å². The number of hydrogen-bond donors (Lipinski definition) is 0. The molecule has 0 aliphatic carbocycles.